The zero-order valence-corrected chi connectivity index (χ0v) is 18.5. The molecule has 0 spiro atoms. The maximum atomic E-state index is 13.9. The van der Waals surface area contributed by atoms with E-state index >= 15 is 0 Å². The Hall–Kier alpha value is -1.33. The standard InChI is InChI=1S/C25H35F5O/c1-2-3-4-5-17-6-10-19(11-7-17)20-12-8-18(9-13-20)16-31-23-15-21(25(28,29)30)14-22(26)24(23)27/h14-15,17-20H,2-13,16H2,1H3. The zero-order chi connectivity index (χ0) is 22.4. The lowest BCUT2D eigenvalue weighted by Crippen LogP contribution is -2.27. The van der Waals surface area contributed by atoms with Gasteiger partial charge in [-0.1, -0.05) is 45.4 Å². The van der Waals surface area contributed by atoms with Gasteiger partial charge in [0.05, 0.1) is 12.2 Å². The van der Waals surface area contributed by atoms with Crippen molar-refractivity contribution in [3.8, 4) is 5.75 Å². The number of hydrogen-bond acceptors (Lipinski definition) is 1. The summed E-state index contributed by atoms with van der Waals surface area (Å²) >= 11 is 0. The molecule has 6 heteroatoms. The fourth-order valence-corrected chi connectivity index (χ4v) is 5.50. The highest BCUT2D eigenvalue weighted by Crippen LogP contribution is 2.42. The lowest BCUT2D eigenvalue weighted by molar-refractivity contribution is -0.138. The lowest BCUT2D eigenvalue weighted by Gasteiger charge is -2.38. The van der Waals surface area contributed by atoms with E-state index in [-0.39, 0.29) is 18.6 Å². The van der Waals surface area contributed by atoms with Gasteiger partial charge >= 0.3 is 6.18 Å². The van der Waals surface area contributed by atoms with Gasteiger partial charge in [-0.3, -0.25) is 0 Å². The minimum atomic E-state index is -4.74. The average molecular weight is 447 g/mol. The van der Waals surface area contributed by atoms with Gasteiger partial charge in [-0.2, -0.15) is 17.6 Å². The Morgan fingerprint density at radius 3 is 1.97 bits per heavy atom. The molecule has 0 saturated heterocycles. The van der Waals surface area contributed by atoms with Crippen LogP contribution in [0.25, 0.3) is 0 Å². The van der Waals surface area contributed by atoms with E-state index in [1.165, 1.54) is 51.4 Å². The molecule has 2 fully saturated rings. The molecule has 3 rings (SSSR count). The Morgan fingerprint density at radius 2 is 1.42 bits per heavy atom. The minimum absolute atomic E-state index is 0.133. The van der Waals surface area contributed by atoms with Crippen LogP contribution in [0.4, 0.5) is 22.0 Å². The van der Waals surface area contributed by atoms with Crippen molar-refractivity contribution < 1.29 is 26.7 Å². The van der Waals surface area contributed by atoms with Gasteiger partial charge in [0.2, 0.25) is 5.82 Å². The van der Waals surface area contributed by atoms with Gasteiger partial charge in [0, 0.05) is 0 Å². The average Bonchev–Trinajstić information content (AvgIpc) is 2.75. The molecular formula is C25H35F5O. The lowest BCUT2D eigenvalue weighted by atomic mass is 9.69. The molecule has 0 heterocycles. The Balaban J connectivity index is 1.43. The van der Waals surface area contributed by atoms with Crippen LogP contribution in [0.15, 0.2) is 12.1 Å². The predicted molar refractivity (Wildman–Crippen MR) is 112 cm³/mol. The van der Waals surface area contributed by atoms with E-state index in [0.717, 1.165) is 43.4 Å². The van der Waals surface area contributed by atoms with Crippen LogP contribution in [0, 0.1) is 35.3 Å². The first-order chi connectivity index (χ1) is 14.8. The highest BCUT2D eigenvalue weighted by atomic mass is 19.4. The fourth-order valence-electron chi connectivity index (χ4n) is 5.50. The van der Waals surface area contributed by atoms with Crippen molar-refractivity contribution in [3.05, 3.63) is 29.3 Å². The molecule has 2 aliphatic rings. The van der Waals surface area contributed by atoms with Crippen molar-refractivity contribution >= 4 is 0 Å². The quantitative estimate of drug-likeness (QED) is 0.287. The van der Waals surface area contributed by atoms with Gasteiger partial charge < -0.3 is 4.74 Å². The number of ether oxygens (including phenoxy) is 1. The van der Waals surface area contributed by atoms with Gasteiger partial charge in [-0.05, 0) is 74.3 Å². The van der Waals surface area contributed by atoms with Crippen molar-refractivity contribution in [2.75, 3.05) is 6.61 Å². The molecule has 1 aromatic carbocycles. The zero-order valence-electron chi connectivity index (χ0n) is 18.5. The number of halogens is 5. The van der Waals surface area contributed by atoms with E-state index in [1.807, 2.05) is 0 Å². The van der Waals surface area contributed by atoms with Crippen molar-refractivity contribution in [2.24, 2.45) is 23.7 Å². The van der Waals surface area contributed by atoms with Crippen LogP contribution in [0.2, 0.25) is 0 Å². The highest BCUT2D eigenvalue weighted by molar-refractivity contribution is 5.33. The Labute approximate surface area is 182 Å². The minimum Gasteiger partial charge on any atom is -0.490 e. The molecule has 0 radical (unpaired) electrons. The Bertz CT molecular complexity index is 686. The number of unbranched alkanes of at least 4 members (excludes halogenated alkanes) is 2. The molecule has 0 atom stereocenters. The van der Waals surface area contributed by atoms with E-state index in [0.29, 0.717) is 6.07 Å². The van der Waals surface area contributed by atoms with Crippen molar-refractivity contribution in [2.45, 2.75) is 90.1 Å². The molecule has 2 aliphatic carbocycles. The third-order valence-corrected chi connectivity index (χ3v) is 7.46. The molecule has 0 amide bonds. The smallest absolute Gasteiger partial charge is 0.416 e. The summed E-state index contributed by atoms with van der Waals surface area (Å²) in [5, 5.41) is 0. The van der Waals surface area contributed by atoms with Crippen molar-refractivity contribution in [3.63, 3.8) is 0 Å². The van der Waals surface area contributed by atoms with Gasteiger partial charge in [-0.15, -0.1) is 0 Å². The molecule has 1 nitrogen and oxygen atoms in total. The normalized spacial score (nSPS) is 27.3. The fraction of sp³-hybridized carbons (Fsp3) is 0.760. The highest BCUT2D eigenvalue weighted by Gasteiger charge is 2.34. The summed E-state index contributed by atoms with van der Waals surface area (Å²) in [7, 11) is 0. The van der Waals surface area contributed by atoms with Gasteiger partial charge in [0.15, 0.2) is 11.6 Å². The van der Waals surface area contributed by atoms with Crippen LogP contribution in [0.1, 0.15) is 89.5 Å². The van der Waals surface area contributed by atoms with Crippen LogP contribution < -0.4 is 4.74 Å². The van der Waals surface area contributed by atoms with Crippen molar-refractivity contribution in [1.29, 1.82) is 0 Å². The summed E-state index contributed by atoms with van der Waals surface area (Å²) < 4.78 is 71.3. The SMILES string of the molecule is CCCCCC1CCC(C2CCC(COc3cc(C(F)(F)F)cc(F)c3F)CC2)CC1. The predicted octanol–water partition coefficient (Wildman–Crippen LogP) is 8.56. The van der Waals surface area contributed by atoms with E-state index < -0.39 is 29.1 Å². The molecule has 0 bridgehead atoms. The third-order valence-electron chi connectivity index (χ3n) is 7.46. The number of benzene rings is 1. The second-order valence-electron chi connectivity index (χ2n) is 9.64. The van der Waals surface area contributed by atoms with E-state index in [2.05, 4.69) is 6.92 Å². The second-order valence-corrected chi connectivity index (χ2v) is 9.64. The topological polar surface area (TPSA) is 9.23 Å². The maximum Gasteiger partial charge on any atom is 0.416 e. The third kappa shape index (κ3) is 6.82. The summed E-state index contributed by atoms with van der Waals surface area (Å²) in [6.45, 7) is 2.38. The molecular weight excluding hydrogens is 411 g/mol. The first-order valence-electron chi connectivity index (χ1n) is 12.0. The maximum absolute atomic E-state index is 13.9. The van der Waals surface area contributed by atoms with E-state index in [4.69, 9.17) is 4.74 Å². The van der Waals surface area contributed by atoms with Crippen LogP contribution in [0.3, 0.4) is 0 Å². The summed E-state index contributed by atoms with van der Waals surface area (Å²) in [5.41, 5.74) is -1.23. The van der Waals surface area contributed by atoms with Crippen LogP contribution >= 0.6 is 0 Å². The monoisotopic (exact) mass is 446 g/mol. The number of alkyl halides is 3. The van der Waals surface area contributed by atoms with Crippen LogP contribution in [-0.4, -0.2) is 6.61 Å². The molecule has 0 N–H and O–H groups in total. The molecule has 176 valence electrons. The number of rotatable bonds is 8. The van der Waals surface area contributed by atoms with E-state index in [1.54, 1.807) is 0 Å². The van der Waals surface area contributed by atoms with Gasteiger partial charge in [0.1, 0.15) is 0 Å². The second kappa shape index (κ2) is 11.0. The summed E-state index contributed by atoms with van der Waals surface area (Å²) in [4.78, 5) is 0. The van der Waals surface area contributed by atoms with Crippen LogP contribution in [-0.2, 0) is 6.18 Å². The molecule has 0 aromatic heterocycles. The first kappa shape index (κ1) is 24.3. The summed E-state index contributed by atoms with van der Waals surface area (Å²) in [5.74, 6) is -0.934. The number of hydrogen-bond donors (Lipinski definition) is 0. The molecule has 0 unspecified atom stereocenters. The largest absolute Gasteiger partial charge is 0.490 e. The summed E-state index contributed by atoms with van der Waals surface area (Å²) in [6, 6.07) is 0.731. The molecule has 31 heavy (non-hydrogen) atoms. The molecule has 0 aliphatic heterocycles. The van der Waals surface area contributed by atoms with E-state index in [9.17, 15) is 22.0 Å². The molecule has 1 aromatic rings. The van der Waals surface area contributed by atoms with Crippen LogP contribution in [0.5, 0.6) is 5.75 Å². The summed E-state index contributed by atoms with van der Waals surface area (Å²) in [6.07, 6.45) is 9.99. The molecule has 2 saturated carbocycles. The van der Waals surface area contributed by atoms with Gasteiger partial charge in [-0.25, -0.2) is 4.39 Å². The van der Waals surface area contributed by atoms with Gasteiger partial charge in [0.25, 0.3) is 0 Å². The van der Waals surface area contributed by atoms with Crippen molar-refractivity contribution in [1.82, 2.24) is 0 Å². The Morgan fingerprint density at radius 1 is 0.839 bits per heavy atom. The Kier molecular flexibility index (Phi) is 8.63. The first-order valence-corrected chi connectivity index (χ1v) is 12.0.